The van der Waals surface area contributed by atoms with Gasteiger partial charge in [-0.05, 0) is 35.9 Å². The number of tetrazole rings is 1. The summed E-state index contributed by atoms with van der Waals surface area (Å²) in [4.78, 5) is 0. The van der Waals surface area contributed by atoms with Crippen molar-refractivity contribution in [3.05, 3.63) is 24.3 Å². The summed E-state index contributed by atoms with van der Waals surface area (Å²) in [5.74, 6) is 0.756. The Kier molecular flexibility index (Phi) is 5.09. The van der Waals surface area contributed by atoms with E-state index in [4.69, 9.17) is 5.73 Å². The Hall–Kier alpha value is -1.91. The smallest absolute Gasteiger partial charge is 0.184 e. The Balaban J connectivity index is 2.10. The SMILES string of the molecule is CCCCCCC(C)n1nnnc1-c1ccccc1N. The number of aromatic nitrogens is 4. The van der Waals surface area contributed by atoms with Crippen LogP contribution in [0.15, 0.2) is 24.3 Å². The van der Waals surface area contributed by atoms with Crippen molar-refractivity contribution in [2.24, 2.45) is 0 Å². The number of hydrogen-bond acceptors (Lipinski definition) is 4. The fourth-order valence-corrected chi connectivity index (χ4v) is 2.36. The molecule has 0 aliphatic rings. The van der Waals surface area contributed by atoms with Crippen LogP contribution in [0.5, 0.6) is 0 Å². The van der Waals surface area contributed by atoms with Gasteiger partial charge in [0.15, 0.2) is 5.82 Å². The summed E-state index contributed by atoms with van der Waals surface area (Å²) < 4.78 is 1.89. The quantitative estimate of drug-likeness (QED) is 0.619. The van der Waals surface area contributed by atoms with Gasteiger partial charge in [-0.3, -0.25) is 0 Å². The minimum atomic E-state index is 0.288. The van der Waals surface area contributed by atoms with Crippen molar-refractivity contribution < 1.29 is 0 Å². The minimum Gasteiger partial charge on any atom is -0.398 e. The highest BCUT2D eigenvalue weighted by Crippen LogP contribution is 2.26. The minimum absolute atomic E-state index is 0.288. The lowest BCUT2D eigenvalue weighted by Crippen LogP contribution is -2.10. The lowest BCUT2D eigenvalue weighted by molar-refractivity contribution is 0.430. The Labute approximate surface area is 120 Å². The number of nitrogens with two attached hydrogens (primary N) is 1. The number of nitrogens with zero attached hydrogens (tertiary/aromatic N) is 4. The Morgan fingerprint density at radius 3 is 2.75 bits per heavy atom. The van der Waals surface area contributed by atoms with Crippen molar-refractivity contribution >= 4 is 5.69 Å². The molecule has 5 heteroatoms. The predicted molar refractivity (Wildman–Crippen MR) is 81.1 cm³/mol. The first-order valence-corrected chi connectivity index (χ1v) is 7.36. The zero-order valence-corrected chi connectivity index (χ0v) is 12.3. The van der Waals surface area contributed by atoms with E-state index in [0.717, 1.165) is 17.8 Å². The highest BCUT2D eigenvalue weighted by Gasteiger charge is 2.15. The van der Waals surface area contributed by atoms with Gasteiger partial charge in [0, 0.05) is 11.3 Å². The lowest BCUT2D eigenvalue weighted by atomic mass is 10.1. The number of anilines is 1. The van der Waals surface area contributed by atoms with Gasteiger partial charge in [-0.2, -0.15) is 0 Å². The van der Waals surface area contributed by atoms with Gasteiger partial charge in [0.1, 0.15) is 0 Å². The molecule has 2 N–H and O–H groups in total. The fraction of sp³-hybridized carbons (Fsp3) is 0.533. The average Bonchev–Trinajstić information content (AvgIpc) is 2.93. The number of benzene rings is 1. The monoisotopic (exact) mass is 273 g/mol. The molecule has 0 aliphatic heterocycles. The highest BCUT2D eigenvalue weighted by molar-refractivity contribution is 5.71. The summed E-state index contributed by atoms with van der Waals surface area (Å²) in [7, 11) is 0. The van der Waals surface area contributed by atoms with E-state index in [1.54, 1.807) is 0 Å². The van der Waals surface area contributed by atoms with Gasteiger partial charge in [0.05, 0.1) is 6.04 Å². The molecule has 0 radical (unpaired) electrons. The van der Waals surface area contributed by atoms with Crippen molar-refractivity contribution in [3.8, 4) is 11.4 Å². The number of unbranched alkanes of at least 4 members (excludes halogenated alkanes) is 3. The number of para-hydroxylation sites is 1. The molecule has 20 heavy (non-hydrogen) atoms. The first-order chi connectivity index (χ1) is 9.74. The summed E-state index contributed by atoms with van der Waals surface area (Å²) in [6, 6.07) is 8.00. The summed E-state index contributed by atoms with van der Waals surface area (Å²) in [5.41, 5.74) is 7.62. The molecule has 2 rings (SSSR count). The molecule has 1 heterocycles. The van der Waals surface area contributed by atoms with Crippen LogP contribution in [0.3, 0.4) is 0 Å². The van der Waals surface area contributed by atoms with E-state index in [1.807, 2.05) is 28.9 Å². The zero-order chi connectivity index (χ0) is 14.4. The third-order valence-electron chi connectivity index (χ3n) is 3.59. The fourth-order valence-electron chi connectivity index (χ4n) is 2.36. The Morgan fingerprint density at radius 2 is 2.00 bits per heavy atom. The second kappa shape index (κ2) is 7.03. The predicted octanol–water partition coefficient (Wildman–Crippen LogP) is 3.45. The van der Waals surface area contributed by atoms with E-state index in [1.165, 1.54) is 25.7 Å². The number of hydrogen-bond donors (Lipinski definition) is 1. The van der Waals surface area contributed by atoms with Crippen molar-refractivity contribution in [2.75, 3.05) is 5.73 Å². The molecule has 0 bridgehead atoms. The van der Waals surface area contributed by atoms with Crippen LogP contribution in [0.4, 0.5) is 5.69 Å². The normalized spacial score (nSPS) is 12.5. The van der Waals surface area contributed by atoms with Crippen LogP contribution in [-0.4, -0.2) is 20.2 Å². The molecule has 1 unspecified atom stereocenters. The van der Waals surface area contributed by atoms with Crippen LogP contribution >= 0.6 is 0 Å². The van der Waals surface area contributed by atoms with Gasteiger partial charge < -0.3 is 5.73 Å². The van der Waals surface area contributed by atoms with Crippen molar-refractivity contribution in [1.29, 1.82) is 0 Å². The van der Waals surface area contributed by atoms with E-state index in [2.05, 4.69) is 29.4 Å². The van der Waals surface area contributed by atoms with E-state index in [-0.39, 0.29) is 6.04 Å². The van der Waals surface area contributed by atoms with Crippen LogP contribution in [0, 0.1) is 0 Å². The van der Waals surface area contributed by atoms with E-state index in [0.29, 0.717) is 5.69 Å². The Morgan fingerprint density at radius 1 is 1.20 bits per heavy atom. The van der Waals surface area contributed by atoms with Gasteiger partial charge in [-0.25, -0.2) is 4.68 Å². The maximum absolute atomic E-state index is 6.01. The zero-order valence-electron chi connectivity index (χ0n) is 12.3. The maximum atomic E-state index is 6.01. The molecule has 5 nitrogen and oxygen atoms in total. The summed E-state index contributed by atoms with van der Waals surface area (Å²) in [6.07, 6.45) is 6.11. The van der Waals surface area contributed by atoms with Gasteiger partial charge in [0.25, 0.3) is 0 Å². The molecule has 0 saturated carbocycles. The summed E-state index contributed by atoms with van der Waals surface area (Å²) >= 11 is 0. The van der Waals surface area contributed by atoms with Crippen LogP contribution in [-0.2, 0) is 0 Å². The second-order valence-electron chi connectivity index (χ2n) is 5.23. The first kappa shape index (κ1) is 14.5. The van der Waals surface area contributed by atoms with Crippen LogP contribution in [0.25, 0.3) is 11.4 Å². The summed E-state index contributed by atoms with van der Waals surface area (Å²) in [5, 5.41) is 12.1. The van der Waals surface area contributed by atoms with Gasteiger partial charge in [0.2, 0.25) is 0 Å². The highest BCUT2D eigenvalue weighted by atomic mass is 15.5. The molecule has 1 aromatic carbocycles. The average molecular weight is 273 g/mol. The molecule has 2 aromatic rings. The molecule has 0 fully saturated rings. The largest absolute Gasteiger partial charge is 0.398 e. The van der Waals surface area contributed by atoms with E-state index in [9.17, 15) is 0 Å². The molecule has 1 aromatic heterocycles. The first-order valence-electron chi connectivity index (χ1n) is 7.36. The second-order valence-corrected chi connectivity index (χ2v) is 5.23. The third-order valence-corrected chi connectivity index (χ3v) is 3.59. The molecule has 0 amide bonds. The molecule has 0 saturated heterocycles. The van der Waals surface area contributed by atoms with Gasteiger partial charge >= 0.3 is 0 Å². The molecule has 0 aliphatic carbocycles. The Bertz CT molecular complexity index is 535. The van der Waals surface area contributed by atoms with E-state index < -0.39 is 0 Å². The number of rotatable bonds is 7. The number of nitrogen functional groups attached to an aromatic ring is 1. The van der Waals surface area contributed by atoms with Gasteiger partial charge in [-0.1, -0.05) is 44.7 Å². The standard InChI is InChI=1S/C15H23N5/c1-3-4-5-6-9-12(2)20-15(17-18-19-20)13-10-7-8-11-14(13)16/h7-8,10-12H,3-6,9,16H2,1-2H3. The molecule has 1 atom stereocenters. The third kappa shape index (κ3) is 3.35. The molecular weight excluding hydrogens is 250 g/mol. The maximum Gasteiger partial charge on any atom is 0.184 e. The lowest BCUT2D eigenvalue weighted by Gasteiger charge is -2.14. The topological polar surface area (TPSA) is 69.6 Å². The van der Waals surface area contributed by atoms with Crippen molar-refractivity contribution in [3.63, 3.8) is 0 Å². The van der Waals surface area contributed by atoms with Crippen molar-refractivity contribution in [1.82, 2.24) is 20.2 Å². The summed E-state index contributed by atoms with van der Waals surface area (Å²) in [6.45, 7) is 4.38. The van der Waals surface area contributed by atoms with Gasteiger partial charge in [-0.15, -0.1) is 5.10 Å². The van der Waals surface area contributed by atoms with E-state index >= 15 is 0 Å². The van der Waals surface area contributed by atoms with Crippen LogP contribution in [0.1, 0.15) is 52.0 Å². The van der Waals surface area contributed by atoms with Crippen molar-refractivity contribution in [2.45, 2.75) is 52.0 Å². The van der Waals surface area contributed by atoms with Crippen LogP contribution < -0.4 is 5.73 Å². The molecule has 0 spiro atoms. The molecular formula is C15H23N5. The molecule has 108 valence electrons. The van der Waals surface area contributed by atoms with Crippen LogP contribution in [0.2, 0.25) is 0 Å².